The molecule has 0 aliphatic heterocycles. The van der Waals surface area contributed by atoms with Gasteiger partial charge >= 0.3 is 0 Å². The molecule has 4 heteroatoms. The van der Waals surface area contributed by atoms with Crippen LogP contribution in [-0.2, 0) is 6.54 Å². The summed E-state index contributed by atoms with van der Waals surface area (Å²) in [5.74, 6) is 0. The van der Waals surface area contributed by atoms with E-state index in [-0.39, 0.29) is 6.04 Å². The molecule has 0 aliphatic rings. The van der Waals surface area contributed by atoms with Gasteiger partial charge in [-0.15, -0.1) is 11.3 Å². The van der Waals surface area contributed by atoms with Crippen molar-refractivity contribution in [3.8, 4) is 0 Å². The SMILES string of the molecule is Cc1csc(C(C)NCc2cccc(Cl)c2)n1. The van der Waals surface area contributed by atoms with E-state index in [9.17, 15) is 0 Å². The van der Waals surface area contributed by atoms with Crippen LogP contribution < -0.4 is 5.32 Å². The minimum atomic E-state index is 0.271. The van der Waals surface area contributed by atoms with Crippen LogP contribution in [0.25, 0.3) is 0 Å². The van der Waals surface area contributed by atoms with Gasteiger partial charge in [0.1, 0.15) is 5.01 Å². The molecule has 1 aromatic heterocycles. The molecule has 0 spiro atoms. The van der Waals surface area contributed by atoms with Gasteiger partial charge in [0.2, 0.25) is 0 Å². The maximum atomic E-state index is 5.94. The normalized spacial score (nSPS) is 12.6. The number of hydrogen-bond acceptors (Lipinski definition) is 3. The van der Waals surface area contributed by atoms with Crippen molar-refractivity contribution in [3.63, 3.8) is 0 Å². The maximum absolute atomic E-state index is 5.94. The van der Waals surface area contributed by atoms with Crippen molar-refractivity contribution in [3.05, 3.63) is 50.9 Å². The lowest BCUT2D eigenvalue weighted by molar-refractivity contribution is 0.571. The van der Waals surface area contributed by atoms with E-state index < -0.39 is 0 Å². The second kappa shape index (κ2) is 5.63. The molecule has 0 bridgehead atoms. The standard InChI is InChI=1S/C13H15ClN2S/c1-9-8-17-13(16-9)10(2)15-7-11-4-3-5-12(14)6-11/h3-6,8,10,15H,7H2,1-2H3. The minimum absolute atomic E-state index is 0.271. The third-order valence-electron chi connectivity index (χ3n) is 2.51. The van der Waals surface area contributed by atoms with Gasteiger partial charge in [-0.1, -0.05) is 23.7 Å². The number of benzene rings is 1. The Morgan fingerprint density at radius 3 is 2.94 bits per heavy atom. The van der Waals surface area contributed by atoms with Gasteiger partial charge in [0.25, 0.3) is 0 Å². The number of hydrogen-bond donors (Lipinski definition) is 1. The molecule has 90 valence electrons. The van der Waals surface area contributed by atoms with E-state index in [0.29, 0.717) is 0 Å². The molecule has 0 radical (unpaired) electrons. The highest BCUT2D eigenvalue weighted by Crippen LogP contribution is 2.18. The van der Waals surface area contributed by atoms with Crippen molar-refractivity contribution >= 4 is 22.9 Å². The number of nitrogens with one attached hydrogen (secondary N) is 1. The highest BCUT2D eigenvalue weighted by atomic mass is 35.5. The van der Waals surface area contributed by atoms with Gasteiger partial charge < -0.3 is 5.32 Å². The smallest absolute Gasteiger partial charge is 0.110 e. The molecule has 2 rings (SSSR count). The van der Waals surface area contributed by atoms with Gasteiger partial charge in [0.05, 0.1) is 6.04 Å². The first-order chi connectivity index (χ1) is 8.15. The van der Waals surface area contributed by atoms with Gasteiger partial charge in [-0.3, -0.25) is 0 Å². The zero-order chi connectivity index (χ0) is 12.3. The van der Waals surface area contributed by atoms with Crippen LogP contribution in [0.3, 0.4) is 0 Å². The van der Waals surface area contributed by atoms with Gasteiger partial charge in [-0.25, -0.2) is 4.98 Å². The highest BCUT2D eigenvalue weighted by molar-refractivity contribution is 7.09. The van der Waals surface area contributed by atoms with E-state index in [1.807, 2.05) is 25.1 Å². The van der Waals surface area contributed by atoms with Gasteiger partial charge in [0.15, 0.2) is 0 Å². The van der Waals surface area contributed by atoms with Crippen LogP contribution in [0, 0.1) is 6.92 Å². The summed E-state index contributed by atoms with van der Waals surface area (Å²) in [6.45, 7) is 4.95. The predicted octanol–water partition coefficient (Wildman–Crippen LogP) is 3.96. The van der Waals surface area contributed by atoms with E-state index in [1.165, 1.54) is 5.56 Å². The molecule has 1 N–H and O–H groups in total. The summed E-state index contributed by atoms with van der Waals surface area (Å²) in [7, 11) is 0. The average Bonchev–Trinajstić information content (AvgIpc) is 2.73. The molecule has 0 saturated heterocycles. The van der Waals surface area contributed by atoms with Crippen molar-refractivity contribution in [1.82, 2.24) is 10.3 Å². The molecule has 1 unspecified atom stereocenters. The molecule has 1 atom stereocenters. The Kier molecular flexibility index (Phi) is 4.15. The Hall–Kier alpha value is -0.900. The van der Waals surface area contributed by atoms with E-state index in [1.54, 1.807) is 11.3 Å². The number of aryl methyl sites for hydroxylation is 1. The first kappa shape index (κ1) is 12.6. The fourth-order valence-corrected chi connectivity index (χ4v) is 2.62. The number of nitrogens with zero attached hydrogens (tertiary/aromatic N) is 1. The van der Waals surface area contributed by atoms with Crippen LogP contribution >= 0.6 is 22.9 Å². The van der Waals surface area contributed by atoms with Crippen LogP contribution in [-0.4, -0.2) is 4.98 Å². The summed E-state index contributed by atoms with van der Waals surface area (Å²) < 4.78 is 0. The average molecular weight is 267 g/mol. The van der Waals surface area contributed by atoms with Crippen LogP contribution in [0.1, 0.15) is 29.2 Å². The van der Waals surface area contributed by atoms with Crippen molar-refractivity contribution < 1.29 is 0 Å². The molecule has 2 aromatic rings. The van der Waals surface area contributed by atoms with Crippen LogP contribution in [0.5, 0.6) is 0 Å². The summed E-state index contributed by atoms with van der Waals surface area (Å²) in [4.78, 5) is 4.47. The van der Waals surface area contributed by atoms with Crippen molar-refractivity contribution in [1.29, 1.82) is 0 Å². The first-order valence-electron chi connectivity index (χ1n) is 5.55. The lowest BCUT2D eigenvalue weighted by Gasteiger charge is -2.11. The van der Waals surface area contributed by atoms with E-state index in [2.05, 4.69) is 28.7 Å². The second-order valence-electron chi connectivity index (χ2n) is 4.06. The molecular weight excluding hydrogens is 252 g/mol. The molecule has 1 aromatic carbocycles. The lowest BCUT2D eigenvalue weighted by atomic mass is 10.2. The summed E-state index contributed by atoms with van der Waals surface area (Å²) >= 11 is 7.64. The lowest BCUT2D eigenvalue weighted by Crippen LogP contribution is -2.17. The molecule has 0 amide bonds. The molecular formula is C13H15ClN2S. The van der Waals surface area contributed by atoms with Crippen LogP contribution in [0.4, 0.5) is 0 Å². The summed E-state index contributed by atoms with van der Waals surface area (Å²) in [5.41, 5.74) is 2.28. The largest absolute Gasteiger partial charge is 0.304 e. The molecule has 17 heavy (non-hydrogen) atoms. The molecule has 2 nitrogen and oxygen atoms in total. The minimum Gasteiger partial charge on any atom is -0.304 e. The number of rotatable bonds is 4. The zero-order valence-corrected chi connectivity index (χ0v) is 11.5. The Labute approximate surface area is 111 Å². The van der Waals surface area contributed by atoms with E-state index >= 15 is 0 Å². The Morgan fingerprint density at radius 1 is 1.47 bits per heavy atom. The topological polar surface area (TPSA) is 24.9 Å². The van der Waals surface area contributed by atoms with Gasteiger partial charge in [-0.2, -0.15) is 0 Å². The quantitative estimate of drug-likeness (QED) is 0.906. The van der Waals surface area contributed by atoms with E-state index in [4.69, 9.17) is 11.6 Å². The third kappa shape index (κ3) is 3.53. The Bertz CT molecular complexity index is 496. The highest BCUT2D eigenvalue weighted by Gasteiger charge is 2.08. The summed E-state index contributed by atoms with van der Waals surface area (Å²) in [5, 5.41) is 7.43. The van der Waals surface area contributed by atoms with Crippen molar-refractivity contribution in [2.45, 2.75) is 26.4 Å². The molecule has 0 aliphatic carbocycles. The summed E-state index contributed by atoms with van der Waals surface area (Å²) in [6, 6.07) is 8.18. The van der Waals surface area contributed by atoms with Gasteiger partial charge in [-0.05, 0) is 31.5 Å². The number of thiazole rings is 1. The van der Waals surface area contributed by atoms with Crippen LogP contribution in [0.15, 0.2) is 29.6 Å². The van der Waals surface area contributed by atoms with Crippen molar-refractivity contribution in [2.24, 2.45) is 0 Å². The maximum Gasteiger partial charge on any atom is 0.110 e. The zero-order valence-electron chi connectivity index (χ0n) is 9.90. The molecule has 0 saturated carbocycles. The third-order valence-corrected chi connectivity index (χ3v) is 3.89. The first-order valence-corrected chi connectivity index (χ1v) is 6.81. The van der Waals surface area contributed by atoms with Crippen LogP contribution in [0.2, 0.25) is 5.02 Å². The Morgan fingerprint density at radius 2 is 2.29 bits per heavy atom. The monoisotopic (exact) mass is 266 g/mol. The fourth-order valence-electron chi connectivity index (χ4n) is 1.58. The molecule has 1 heterocycles. The van der Waals surface area contributed by atoms with E-state index in [0.717, 1.165) is 22.3 Å². The fraction of sp³-hybridized carbons (Fsp3) is 0.308. The predicted molar refractivity (Wildman–Crippen MR) is 73.6 cm³/mol. The second-order valence-corrected chi connectivity index (χ2v) is 5.39. The summed E-state index contributed by atoms with van der Waals surface area (Å²) in [6.07, 6.45) is 0. The Balaban J connectivity index is 1.94. The molecule has 0 fully saturated rings. The van der Waals surface area contributed by atoms with Crippen molar-refractivity contribution in [2.75, 3.05) is 0 Å². The van der Waals surface area contributed by atoms with Gasteiger partial charge in [0, 0.05) is 22.6 Å². The number of halogens is 1. The number of aromatic nitrogens is 1.